The molecule has 1 unspecified atom stereocenters. The number of hydrogen-bond acceptors (Lipinski definition) is 4. The molecule has 0 saturated carbocycles. The Hall–Kier alpha value is -4.64. The first-order valence-corrected chi connectivity index (χ1v) is 12.2. The molecule has 5 rings (SSSR count). The molecule has 1 aliphatic rings. The molecule has 0 aliphatic heterocycles. The highest BCUT2D eigenvalue weighted by Crippen LogP contribution is 2.46. The molecule has 2 aromatic carbocycles. The maximum absolute atomic E-state index is 14.5. The van der Waals surface area contributed by atoms with E-state index in [1.165, 1.54) is 0 Å². The molecule has 2 aromatic heterocycles. The van der Waals surface area contributed by atoms with Crippen molar-refractivity contribution in [3.8, 4) is 5.69 Å². The van der Waals surface area contributed by atoms with Crippen molar-refractivity contribution < 1.29 is 52.7 Å². The number of alkyl halides is 12. The Morgan fingerprint density at radius 1 is 0.600 bits per heavy atom. The fourth-order valence-electron chi connectivity index (χ4n) is 5.17. The van der Waals surface area contributed by atoms with E-state index in [9.17, 15) is 71.9 Å². The monoisotopic (exact) mass is 656 g/mol. The lowest BCUT2D eigenvalue weighted by Gasteiger charge is -2.30. The molecule has 4 aromatic rings. The number of aromatic nitrogens is 2. The summed E-state index contributed by atoms with van der Waals surface area (Å²) in [5.74, 6) is 0. The third-order valence-corrected chi connectivity index (χ3v) is 7.45. The zero-order chi connectivity index (χ0) is 33.8. The molecule has 0 spiro atoms. The Bertz CT molecular complexity index is 2070. The van der Waals surface area contributed by atoms with Crippen molar-refractivity contribution in [3.05, 3.63) is 101 Å². The topological polar surface area (TPSA) is 78.1 Å². The molecule has 0 fully saturated rings. The number of benzene rings is 2. The second kappa shape index (κ2) is 9.43. The van der Waals surface area contributed by atoms with Crippen LogP contribution in [0.5, 0.6) is 0 Å². The minimum absolute atomic E-state index is 0.223. The molecule has 18 heteroatoms. The number of fused-ring (bicyclic) bond motifs is 2. The molecule has 0 bridgehead atoms. The van der Waals surface area contributed by atoms with E-state index in [0.29, 0.717) is 49.4 Å². The summed E-state index contributed by atoms with van der Waals surface area (Å²) in [7, 11) is 0. The lowest BCUT2D eigenvalue weighted by molar-refractivity contribution is -0.199. The molecule has 2 heterocycles. The summed E-state index contributed by atoms with van der Waals surface area (Å²) >= 11 is 0. The minimum atomic E-state index is -5.89. The Balaban J connectivity index is 1.95. The van der Waals surface area contributed by atoms with Crippen LogP contribution in [0.4, 0.5) is 52.7 Å². The zero-order valence-corrected chi connectivity index (χ0v) is 21.8. The van der Waals surface area contributed by atoms with Crippen LogP contribution in [-0.2, 0) is 18.5 Å². The second-order valence-electron chi connectivity index (χ2n) is 10.3. The molecule has 0 radical (unpaired) electrons. The van der Waals surface area contributed by atoms with Gasteiger partial charge in [0.25, 0.3) is 22.2 Å². The predicted octanol–water partition coefficient (Wildman–Crippen LogP) is 6.33. The molecular formula is C27H12F12N2O4. The molecule has 0 N–H and O–H groups in total. The average Bonchev–Trinajstić information content (AvgIpc) is 3.30. The molecule has 238 valence electrons. The minimum Gasteiger partial charge on any atom is -0.268 e. The third-order valence-electron chi connectivity index (χ3n) is 7.45. The van der Waals surface area contributed by atoms with Crippen LogP contribution < -0.4 is 22.2 Å². The summed E-state index contributed by atoms with van der Waals surface area (Å²) < 4.78 is 166. The Labute approximate surface area is 239 Å². The number of rotatable bonds is 2. The second-order valence-corrected chi connectivity index (χ2v) is 10.3. The first kappa shape index (κ1) is 31.8. The standard InChI is InChI=1S/C27H12F12N2O4/c1-23(27(37,38)39)8-6-12(7-9-23)41-21(44)15-16(22(41)45)18(26(34,35)36)14-13(17(15)25(31,32)33)19(42)40(20(14)43)11-4-2-10(3-5-11)24(28,29)30/h2-8H,9H2,1H3. The molecule has 0 amide bonds. The van der Waals surface area contributed by atoms with E-state index >= 15 is 0 Å². The zero-order valence-electron chi connectivity index (χ0n) is 21.8. The maximum atomic E-state index is 14.5. The Morgan fingerprint density at radius 2 is 1.00 bits per heavy atom. The van der Waals surface area contributed by atoms with E-state index < -0.39 is 108 Å². The van der Waals surface area contributed by atoms with Gasteiger partial charge in [-0.25, -0.2) is 9.13 Å². The molecule has 45 heavy (non-hydrogen) atoms. The van der Waals surface area contributed by atoms with E-state index in [-0.39, 0.29) is 9.13 Å². The normalized spacial score (nSPS) is 18.3. The van der Waals surface area contributed by atoms with Crippen LogP contribution in [0.15, 0.2) is 61.7 Å². The number of allylic oxidation sites excluding steroid dienone is 4. The molecule has 1 aliphatic carbocycles. The first-order valence-electron chi connectivity index (χ1n) is 12.2. The number of hydrogen-bond donors (Lipinski definition) is 0. The molecule has 0 saturated heterocycles. The highest BCUT2D eigenvalue weighted by atomic mass is 19.4. The fraction of sp³-hybridized carbons (Fsp3) is 0.259. The van der Waals surface area contributed by atoms with E-state index in [4.69, 9.17) is 0 Å². The van der Waals surface area contributed by atoms with Gasteiger partial charge in [-0.15, -0.1) is 0 Å². The van der Waals surface area contributed by atoms with Crippen molar-refractivity contribution in [2.45, 2.75) is 38.0 Å². The Morgan fingerprint density at radius 3 is 1.31 bits per heavy atom. The van der Waals surface area contributed by atoms with Gasteiger partial charge >= 0.3 is 24.7 Å². The number of nitrogens with zero attached hydrogens (tertiary/aromatic N) is 2. The molecular weight excluding hydrogens is 644 g/mol. The highest BCUT2D eigenvalue weighted by Gasteiger charge is 2.50. The summed E-state index contributed by atoms with van der Waals surface area (Å²) in [6.45, 7) is 0.701. The van der Waals surface area contributed by atoms with Crippen molar-refractivity contribution in [2.75, 3.05) is 0 Å². The number of halogens is 12. The highest BCUT2D eigenvalue weighted by molar-refractivity contribution is 6.07. The maximum Gasteiger partial charge on any atom is 0.418 e. The summed E-state index contributed by atoms with van der Waals surface area (Å²) in [6, 6.07) is 1.48. The van der Waals surface area contributed by atoms with Crippen molar-refractivity contribution in [1.29, 1.82) is 0 Å². The first-order chi connectivity index (χ1) is 20.4. The van der Waals surface area contributed by atoms with Crippen LogP contribution in [-0.4, -0.2) is 15.3 Å². The average molecular weight is 656 g/mol. The van der Waals surface area contributed by atoms with E-state index in [1.54, 1.807) is 0 Å². The van der Waals surface area contributed by atoms with Crippen LogP contribution in [0.2, 0.25) is 0 Å². The lowest BCUT2D eigenvalue weighted by Crippen LogP contribution is -2.35. The molecule has 1 atom stereocenters. The van der Waals surface area contributed by atoms with Gasteiger partial charge in [0.15, 0.2) is 0 Å². The largest absolute Gasteiger partial charge is 0.418 e. The van der Waals surface area contributed by atoms with Crippen molar-refractivity contribution in [2.24, 2.45) is 5.41 Å². The van der Waals surface area contributed by atoms with Crippen molar-refractivity contribution in [3.63, 3.8) is 0 Å². The van der Waals surface area contributed by atoms with Gasteiger partial charge in [-0.2, -0.15) is 52.7 Å². The van der Waals surface area contributed by atoms with Gasteiger partial charge in [-0.05, 0) is 43.7 Å². The summed E-state index contributed by atoms with van der Waals surface area (Å²) in [4.78, 5) is 53.1. The summed E-state index contributed by atoms with van der Waals surface area (Å²) in [5, 5.41) is -7.93. The fourth-order valence-corrected chi connectivity index (χ4v) is 5.17. The van der Waals surface area contributed by atoms with Crippen LogP contribution in [0, 0.1) is 5.41 Å². The van der Waals surface area contributed by atoms with Crippen molar-refractivity contribution in [1.82, 2.24) is 9.13 Å². The van der Waals surface area contributed by atoms with E-state index in [1.807, 2.05) is 0 Å². The van der Waals surface area contributed by atoms with Gasteiger partial charge in [-0.1, -0.05) is 12.2 Å². The summed E-state index contributed by atoms with van der Waals surface area (Å²) in [6.07, 6.45) is -21.0. The summed E-state index contributed by atoms with van der Waals surface area (Å²) in [5.41, 5.74) is -18.7. The lowest BCUT2D eigenvalue weighted by atomic mass is 9.82. The quantitative estimate of drug-likeness (QED) is 0.237. The van der Waals surface area contributed by atoms with Crippen LogP contribution >= 0.6 is 0 Å². The van der Waals surface area contributed by atoms with Crippen molar-refractivity contribution >= 4 is 27.2 Å². The van der Waals surface area contributed by atoms with Gasteiger partial charge < -0.3 is 0 Å². The van der Waals surface area contributed by atoms with E-state index in [0.717, 1.165) is 0 Å². The SMILES string of the molecule is CC1(C(F)(F)F)C=CC(n2c(=O)c3c(C(F)(F)F)c4c(=O)n(-c5ccc(C(F)(F)F)cc5)c(=O)c4c(C(F)(F)F)c3c2=O)=CC1. The van der Waals surface area contributed by atoms with Gasteiger partial charge in [0, 0.05) is 5.70 Å². The van der Waals surface area contributed by atoms with Crippen LogP contribution in [0.1, 0.15) is 30.0 Å². The Kier molecular flexibility index (Phi) is 6.66. The van der Waals surface area contributed by atoms with Crippen LogP contribution in [0.25, 0.3) is 32.9 Å². The molecule has 6 nitrogen and oxygen atoms in total. The van der Waals surface area contributed by atoms with Gasteiger partial charge in [0.1, 0.15) is 0 Å². The third kappa shape index (κ3) is 4.68. The van der Waals surface area contributed by atoms with Gasteiger partial charge in [-0.3, -0.25) is 19.2 Å². The van der Waals surface area contributed by atoms with Gasteiger partial charge in [0.05, 0.1) is 49.3 Å². The van der Waals surface area contributed by atoms with Gasteiger partial charge in [0.2, 0.25) is 0 Å². The van der Waals surface area contributed by atoms with E-state index in [2.05, 4.69) is 0 Å². The van der Waals surface area contributed by atoms with Crippen LogP contribution in [0.3, 0.4) is 0 Å². The smallest absolute Gasteiger partial charge is 0.268 e. The predicted molar refractivity (Wildman–Crippen MR) is 133 cm³/mol.